The summed E-state index contributed by atoms with van der Waals surface area (Å²) in [6.07, 6.45) is 3.86. The summed E-state index contributed by atoms with van der Waals surface area (Å²) in [5, 5.41) is 4.33. The quantitative estimate of drug-likeness (QED) is 0.827. The van der Waals surface area contributed by atoms with Crippen molar-refractivity contribution in [2.75, 3.05) is 26.7 Å². The van der Waals surface area contributed by atoms with Gasteiger partial charge in [0, 0.05) is 38.7 Å². The number of likely N-dealkylation sites (tertiary alicyclic amines) is 2. The summed E-state index contributed by atoms with van der Waals surface area (Å²) in [5.74, 6) is 0.788. The van der Waals surface area contributed by atoms with Crippen molar-refractivity contribution in [3.63, 3.8) is 0 Å². The summed E-state index contributed by atoms with van der Waals surface area (Å²) in [6.45, 7) is 5.71. The molecule has 23 heavy (non-hydrogen) atoms. The fourth-order valence-corrected chi connectivity index (χ4v) is 3.65. The summed E-state index contributed by atoms with van der Waals surface area (Å²) in [6, 6.07) is 3.74. The Morgan fingerprint density at radius 1 is 1.13 bits per heavy atom. The van der Waals surface area contributed by atoms with Crippen LogP contribution in [0.3, 0.4) is 0 Å². The molecular weight excluding hydrogens is 292 g/mol. The molecule has 2 aliphatic heterocycles. The second kappa shape index (κ2) is 6.83. The summed E-state index contributed by atoms with van der Waals surface area (Å²) < 4.78 is 1.61. The number of hydrogen-bond acceptors (Lipinski definition) is 4. The Morgan fingerprint density at radius 3 is 2.52 bits per heavy atom. The van der Waals surface area contributed by atoms with E-state index in [1.807, 2.05) is 18.9 Å². The molecule has 3 rings (SSSR count). The Labute approximate surface area is 137 Å². The van der Waals surface area contributed by atoms with Crippen LogP contribution in [0.15, 0.2) is 16.9 Å². The van der Waals surface area contributed by atoms with Crippen molar-refractivity contribution in [1.29, 1.82) is 0 Å². The van der Waals surface area contributed by atoms with Gasteiger partial charge in [-0.2, -0.15) is 5.10 Å². The fourth-order valence-electron chi connectivity index (χ4n) is 3.65. The molecule has 0 bridgehead atoms. The lowest BCUT2D eigenvalue weighted by Gasteiger charge is -2.34. The van der Waals surface area contributed by atoms with Crippen LogP contribution >= 0.6 is 0 Å². The van der Waals surface area contributed by atoms with Crippen LogP contribution in [0, 0.1) is 12.8 Å². The molecule has 0 N–H and O–H groups in total. The van der Waals surface area contributed by atoms with E-state index in [0.717, 1.165) is 51.1 Å². The SMILES string of the molecule is Cc1ccc(=O)n(CC2CCN(CC3CCC(=O)N3C)CC2)n1. The third-order valence-electron chi connectivity index (χ3n) is 5.24. The first-order chi connectivity index (χ1) is 11.0. The van der Waals surface area contributed by atoms with Crippen LogP contribution in [0.1, 0.15) is 31.4 Å². The van der Waals surface area contributed by atoms with Crippen LogP contribution in [0.5, 0.6) is 0 Å². The zero-order valence-electron chi connectivity index (χ0n) is 14.1. The smallest absolute Gasteiger partial charge is 0.266 e. The zero-order chi connectivity index (χ0) is 16.4. The molecule has 1 amide bonds. The topological polar surface area (TPSA) is 58.4 Å². The van der Waals surface area contributed by atoms with Gasteiger partial charge in [-0.15, -0.1) is 0 Å². The molecule has 2 fully saturated rings. The number of piperidine rings is 1. The van der Waals surface area contributed by atoms with Crippen molar-refractivity contribution in [3.8, 4) is 0 Å². The molecule has 6 heteroatoms. The highest BCUT2D eigenvalue weighted by molar-refractivity contribution is 5.78. The maximum atomic E-state index is 11.9. The number of nitrogens with zero attached hydrogens (tertiary/aromatic N) is 4. The summed E-state index contributed by atoms with van der Waals surface area (Å²) >= 11 is 0. The Bertz CT molecular complexity index is 619. The average Bonchev–Trinajstić information content (AvgIpc) is 2.85. The van der Waals surface area contributed by atoms with Gasteiger partial charge in [-0.3, -0.25) is 9.59 Å². The van der Waals surface area contributed by atoms with Gasteiger partial charge in [0.1, 0.15) is 0 Å². The predicted octanol–water partition coefficient (Wildman–Crippen LogP) is 0.885. The first kappa shape index (κ1) is 16.2. The zero-order valence-corrected chi connectivity index (χ0v) is 14.1. The molecule has 0 saturated carbocycles. The van der Waals surface area contributed by atoms with Crippen LogP contribution in [0.25, 0.3) is 0 Å². The molecule has 2 aliphatic rings. The number of aromatic nitrogens is 2. The Balaban J connectivity index is 1.50. The number of rotatable bonds is 4. The minimum atomic E-state index is -0.0101. The van der Waals surface area contributed by atoms with Crippen LogP contribution < -0.4 is 5.56 Å². The van der Waals surface area contributed by atoms with Crippen molar-refractivity contribution in [2.45, 2.75) is 45.2 Å². The summed E-state index contributed by atoms with van der Waals surface area (Å²) in [5.41, 5.74) is 0.875. The normalized spacial score (nSPS) is 23.7. The number of carbonyl (C=O) groups excluding carboxylic acids is 1. The van der Waals surface area contributed by atoms with Crippen LogP contribution in [0.4, 0.5) is 0 Å². The van der Waals surface area contributed by atoms with Crippen LogP contribution in [-0.2, 0) is 11.3 Å². The molecule has 1 unspecified atom stereocenters. The largest absolute Gasteiger partial charge is 0.341 e. The predicted molar refractivity (Wildman–Crippen MR) is 88.2 cm³/mol. The van der Waals surface area contributed by atoms with E-state index in [-0.39, 0.29) is 11.5 Å². The molecule has 0 radical (unpaired) electrons. The minimum Gasteiger partial charge on any atom is -0.341 e. The molecule has 0 aromatic carbocycles. The molecule has 0 aliphatic carbocycles. The van der Waals surface area contributed by atoms with Gasteiger partial charge < -0.3 is 9.80 Å². The molecule has 1 atom stereocenters. The van der Waals surface area contributed by atoms with Gasteiger partial charge in [-0.25, -0.2) is 4.68 Å². The van der Waals surface area contributed by atoms with E-state index < -0.39 is 0 Å². The molecule has 1 aromatic heterocycles. The highest BCUT2D eigenvalue weighted by atomic mass is 16.2. The number of likely N-dealkylation sites (N-methyl/N-ethyl adjacent to an activating group) is 1. The van der Waals surface area contributed by atoms with Crippen molar-refractivity contribution in [2.24, 2.45) is 5.92 Å². The van der Waals surface area contributed by atoms with Crippen molar-refractivity contribution >= 4 is 5.91 Å². The molecule has 2 saturated heterocycles. The number of aryl methyl sites for hydroxylation is 1. The van der Waals surface area contributed by atoms with E-state index in [4.69, 9.17) is 0 Å². The third-order valence-corrected chi connectivity index (χ3v) is 5.24. The molecular formula is C17H26N4O2. The molecule has 1 aromatic rings. The van der Waals surface area contributed by atoms with E-state index in [1.165, 1.54) is 0 Å². The number of carbonyl (C=O) groups is 1. The molecule has 6 nitrogen and oxygen atoms in total. The summed E-state index contributed by atoms with van der Waals surface area (Å²) in [4.78, 5) is 27.8. The van der Waals surface area contributed by atoms with Crippen LogP contribution in [0.2, 0.25) is 0 Å². The van der Waals surface area contributed by atoms with E-state index in [1.54, 1.807) is 16.8 Å². The molecule has 3 heterocycles. The van der Waals surface area contributed by atoms with Gasteiger partial charge in [0.2, 0.25) is 5.91 Å². The Hall–Kier alpha value is -1.69. The number of amides is 1. The van der Waals surface area contributed by atoms with Gasteiger partial charge in [0.15, 0.2) is 0 Å². The van der Waals surface area contributed by atoms with Gasteiger partial charge >= 0.3 is 0 Å². The molecule has 126 valence electrons. The Kier molecular flexibility index (Phi) is 4.80. The number of hydrogen-bond donors (Lipinski definition) is 0. The monoisotopic (exact) mass is 318 g/mol. The van der Waals surface area contributed by atoms with E-state index in [0.29, 0.717) is 18.4 Å². The third kappa shape index (κ3) is 3.80. The van der Waals surface area contributed by atoms with Gasteiger partial charge in [-0.1, -0.05) is 0 Å². The second-order valence-corrected chi connectivity index (χ2v) is 6.94. The maximum Gasteiger partial charge on any atom is 0.266 e. The highest BCUT2D eigenvalue weighted by Gasteiger charge is 2.30. The van der Waals surface area contributed by atoms with Crippen molar-refractivity contribution < 1.29 is 4.79 Å². The first-order valence-electron chi connectivity index (χ1n) is 8.55. The van der Waals surface area contributed by atoms with E-state index in [2.05, 4.69) is 10.00 Å². The molecule has 0 spiro atoms. The second-order valence-electron chi connectivity index (χ2n) is 6.94. The standard InChI is InChI=1S/C17H26N4O2/c1-13-3-5-17(23)21(18-13)11-14-7-9-20(10-8-14)12-15-4-6-16(22)19(15)2/h3,5,14-15H,4,6-12H2,1-2H3. The highest BCUT2D eigenvalue weighted by Crippen LogP contribution is 2.22. The van der Waals surface area contributed by atoms with Gasteiger partial charge in [0.25, 0.3) is 5.56 Å². The van der Waals surface area contributed by atoms with Crippen molar-refractivity contribution in [1.82, 2.24) is 19.6 Å². The fraction of sp³-hybridized carbons (Fsp3) is 0.706. The Morgan fingerprint density at radius 2 is 1.87 bits per heavy atom. The van der Waals surface area contributed by atoms with E-state index >= 15 is 0 Å². The van der Waals surface area contributed by atoms with Crippen molar-refractivity contribution in [3.05, 3.63) is 28.2 Å². The van der Waals surface area contributed by atoms with Gasteiger partial charge in [-0.05, 0) is 51.3 Å². The summed E-state index contributed by atoms with van der Waals surface area (Å²) in [7, 11) is 1.92. The van der Waals surface area contributed by atoms with Crippen LogP contribution in [-0.4, -0.2) is 58.2 Å². The lowest BCUT2D eigenvalue weighted by Crippen LogP contribution is -2.44. The lowest BCUT2D eigenvalue weighted by molar-refractivity contribution is -0.127. The minimum absolute atomic E-state index is 0.0101. The van der Waals surface area contributed by atoms with Gasteiger partial charge in [0.05, 0.1) is 5.69 Å². The van der Waals surface area contributed by atoms with E-state index in [9.17, 15) is 9.59 Å². The maximum absolute atomic E-state index is 11.9. The lowest BCUT2D eigenvalue weighted by atomic mass is 9.96. The average molecular weight is 318 g/mol. The first-order valence-corrected chi connectivity index (χ1v) is 8.55.